The first-order valence-electron chi connectivity index (χ1n) is 5.74. The molecule has 0 unspecified atom stereocenters. The molecule has 0 aromatic carbocycles. The first-order valence-corrected chi connectivity index (χ1v) is 7.63. The number of nitrogens with one attached hydrogen (secondary N) is 3. The van der Waals surface area contributed by atoms with Crippen molar-refractivity contribution in [1.29, 1.82) is 0 Å². The van der Waals surface area contributed by atoms with Gasteiger partial charge in [0.05, 0.1) is 6.26 Å². The normalized spacial score (nSPS) is 12.9. The summed E-state index contributed by atoms with van der Waals surface area (Å²) in [5, 5.41) is 6.19. The summed E-state index contributed by atoms with van der Waals surface area (Å²) >= 11 is 0. The van der Waals surface area contributed by atoms with Crippen LogP contribution in [0, 0.1) is 5.92 Å². The van der Waals surface area contributed by atoms with E-state index in [2.05, 4.69) is 34.2 Å². The van der Waals surface area contributed by atoms with E-state index in [9.17, 15) is 8.42 Å². The molecule has 0 saturated heterocycles. The molecule has 7 heteroatoms. The summed E-state index contributed by atoms with van der Waals surface area (Å²) < 4.78 is 24.0. The van der Waals surface area contributed by atoms with Crippen molar-refractivity contribution in [2.75, 3.05) is 32.9 Å². The average molecular weight is 264 g/mol. The Morgan fingerprint density at radius 3 is 2.24 bits per heavy atom. The highest BCUT2D eigenvalue weighted by Crippen LogP contribution is 1.95. The topological polar surface area (TPSA) is 82.6 Å². The molecule has 102 valence electrons. The van der Waals surface area contributed by atoms with Crippen LogP contribution in [0.2, 0.25) is 0 Å². The van der Waals surface area contributed by atoms with Gasteiger partial charge in [0.15, 0.2) is 5.96 Å². The van der Waals surface area contributed by atoms with Gasteiger partial charge >= 0.3 is 0 Å². The Hall–Kier alpha value is -0.820. The molecule has 0 aromatic rings. The lowest BCUT2D eigenvalue weighted by molar-refractivity contribution is 0.572. The van der Waals surface area contributed by atoms with Crippen LogP contribution in [0.5, 0.6) is 0 Å². The first kappa shape index (κ1) is 16.2. The minimum atomic E-state index is -3.11. The molecule has 0 aliphatic rings. The smallest absolute Gasteiger partial charge is 0.208 e. The number of hydrogen-bond donors (Lipinski definition) is 3. The van der Waals surface area contributed by atoms with E-state index >= 15 is 0 Å². The number of nitrogens with zero attached hydrogens (tertiary/aromatic N) is 1. The summed E-state index contributed by atoms with van der Waals surface area (Å²) in [6, 6.07) is 0. The molecule has 0 aromatic heterocycles. The largest absolute Gasteiger partial charge is 0.356 e. The van der Waals surface area contributed by atoms with Crippen LogP contribution in [-0.2, 0) is 10.0 Å². The number of sulfonamides is 1. The number of hydrogen-bond acceptors (Lipinski definition) is 3. The van der Waals surface area contributed by atoms with E-state index in [4.69, 9.17) is 0 Å². The lowest BCUT2D eigenvalue weighted by atomic mass is 10.1. The van der Waals surface area contributed by atoms with Crippen LogP contribution in [0.15, 0.2) is 4.99 Å². The van der Waals surface area contributed by atoms with Gasteiger partial charge in [-0.2, -0.15) is 0 Å². The number of guanidine groups is 1. The minimum Gasteiger partial charge on any atom is -0.356 e. The van der Waals surface area contributed by atoms with Gasteiger partial charge in [-0.05, 0) is 12.3 Å². The van der Waals surface area contributed by atoms with Gasteiger partial charge in [-0.1, -0.05) is 13.8 Å². The van der Waals surface area contributed by atoms with Crippen molar-refractivity contribution in [3.8, 4) is 0 Å². The van der Waals surface area contributed by atoms with Crippen molar-refractivity contribution < 1.29 is 8.42 Å². The van der Waals surface area contributed by atoms with Crippen molar-refractivity contribution in [3.05, 3.63) is 0 Å². The van der Waals surface area contributed by atoms with Gasteiger partial charge in [0, 0.05) is 26.7 Å². The number of aliphatic imine (C=N–C) groups is 1. The molecule has 0 atom stereocenters. The molecule has 0 rings (SSSR count). The minimum absolute atomic E-state index is 0.351. The quantitative estimate of drug-likeness (QED) is 0.336. The van der Waals surface area contributed by atoms with E-state index in [1.54, 1.807) is 7.05 Å². The third-order valence-electron chi connectivity index (χ3n) is 2.02. The third-order valence-corrected chi connectivity index (χ3v) is 2.75. The van der Waals surface area contributed by atoms with Gasteiger partial charge in [0.1, 0.15) is 0 Å². The molecule has 0 heterocycles. The maximum absolute atomic E-state index is 10.8. The van der Waals surface area contributed by atoms with Gasteiger partial charge < -0.3 is 10.6 Å². The van der Waals surface area contributed by atoms with Gasteiger partial charge in [0.2, 0.25) is 10.0 Å². The van der Waals surface area contributed by atoms with E-state index < -0.39 is 10.0 Å². The lowest BCUT2D eigenvalue weighted by Gasteiger charge is -2.12. The summed E-state index contributed by atoms with van der Waals surface area (Å²) in [5.41, 5.74) is 0. The Morgan fingerprint density at radius 1 is 1.18 bits per heavy atom. The average Bonchev–Trinajstić information content (AvgIpc) is 2.19. The van der Waals surface area contributed by atoms with Crippen molar-refractivity contribution in [2.45, 2.75) is 20.3 Å². The van der Waals surface area contributed by atoms with Gasteiger partial charge in [-0.15, -0.1) is 0 Å². The Morgan fingerprint density at radius 2 is 1.76 bits per heavy atom. The van der Waals surface area contributed by atoms with Crippen LogP contribution in [0.1, 0.15) is 20.3 Å². The fraction of sp³-hybridized carbons (Fsp3) is 0.900. The van der Waals surface area contributed by atoms with Crippen LogP contribution in [0.4, 0.5) is 0 Å². The fourth-order valence-electron chi connectivity index (χ4n) is 1.12. The highest BCUT2D eigenvalue weighted by atomic mass is 32.2. The van der Waals surface area contributed by atoms with E-state index in [0.29, 0.717) is 25.0 Å². The molecule has 0 radical (unpaired) electrons. The molecule has 0 amide bonds. The Labute approximate surface area is 104 Å². The van der Waals surface area contributed by atoms with E-state index in [1.165, 1.54) is 0 Å². The van der Waals surface area contributed by atoms with Crippen LogP contribution < -0.4 is 15.4 Å². The van der Waals surface area contributed by atoms with Crippen molar-refractivity contribution >= 4 is 16.0 Å². The van der Waals surface area contributed by atoms with Crippen LogP contribution >= 0.6 is 0 Å². The van der Waals surface area contributed by atoms with Crippen LogP contribution in [0.3, 0.4) is 0 Å². The molecule has 0 saturated carbocycles. The highest BCUT2D eigenvalue weighted by Gasteiger charge is 2.00. The fourth-order valence-corrected chi connectivity index (χ4v) is 1.59. The molecule has 0 fully saturated rings. The van der Waals surface area contributed by atoms with E-state index in [1.807, 2.05) is 0 Å². The van der Waals surface area contributed by atoms with Gasteiger partial charge in [-0.25, -0.2) is 13.1 Å². The molecule has 0 spiro atoms. The molecule has 0 bridgehead atoms. The molecule has 3 N–H and O–H groups in total. The molecule has 6 nitrogen and oxygen atoms in total. The second-order valence-corrected chi connectivity index (χ2v) is 6.11. The summed E-state index contributed by atoms with van der Waals surface area (Å²) in [7, 11) is -1.42. The van der Waals surface area contributed by atoms with Crippen molar-refractivity contribution in [2.24, 2.45) is 10.9 Å². The lowest BCUT2D eigenvalue weighted by Crippen LogP contribution is -2.41. The monoisotopic (exact) mass is 264 g/mol. The Balaban J connectivity index is 3.70. The molecule has 0 aliphatic carbocycles. The second-order valence-electron chi connectivity index (χ2n) is 4.27. The summed E-state index contributed by atoms with van der Waals surface area (Å²) in [5.74, 6) is 1.34. The van der Waals surface area contributed by atoms with Gasteiger partial charge in [0.25, 0.3) is 0 Å². The maximum atomic E-state index is 10.8. The van der Waals surface area contributed by atoms with Crippen LogP contribution in [-0.4, -0.2) is 47.3 Å². The highest BCUT2D eigenvalue weighted by molar-refractivity contribution is 7.88. The number of rotatable bonds is 7. The zero-order valence-electron chi connectivity index (χ0n) is 11.1. The van der Waals surface area contributed by atoms with Crippen molar-refractivity contribution in [3.63, 3.8) is 0 Å². The summed E-state index contributed by atoms with van der Waals surface area (Å²) in [6.07, 6.45) is 2.21. The SMILES string of the molecule is CN=C(NCCNS(C)(=O)=O)NCCC(C)C. The predicted octanol–water partition coefficient (Wildman–Crippen LogP) is -0.253. The Kier molecular flexibility index (Phi) is 7.90. The summed E-state index contributed by atoms with van der Waals surface area (Å²) in [6.45, 7) is 6.04. The summed E-state index contributed by atoms with van der Waals surface area (Å²) in [4.78, 5) is 4.04. The molecular weight excluding hydrogens is 240 g/mol. The van der Waals surface area contributed by atoms with E-state index in [0.717, 1.165) is 19.2 Å². The predicted molar refractivity (Wildman–Crippen MR) is 71.7 cm³/mol. The van der Waals surface area contributed by atoms with Crippen LogP contribution in [0.25, 0.3) is 0 Å². The van der Waals surface area contributed by atoms with Gasteiger partial charge in [-0.3, -0.25) is 4.99 Å². The van der Waals surface area contributed by atoms with Crippen molar-refractivity contribution in [1.82, 2.24) is 15.4 Å². The Bertz CT molecular complexity index is 325. The standard InChI is InChI=1S/C10H24N4O2S/c1-9(2)5-6-12-10(11-3)13-7-8-14-17(4,15)16/h9,14H,5-8H2,1-4H3,(H2,11,12,13). The zero-order valence-corrected chi connectivity index (χ0v) is 11.9. The maximum Gasteiger partial charge on any atom is 0.208 e. The van der Waals surface area contributed by atoms with E-state index in [-0.39, 0.29) is 0 Å². The molecular formula is C10H24N4O2S. The second kappa shape index (κ2) is 8.30. The molecule has 0 aliphatic heterocycles. The third kappa shape index (κ3) is 11.4. The zero-order chi connectivity index (χ0) is 13.3. The first-order chi connectivity index (χ1) is 7.85. The molecule has 17 heavy (non-hydrogen) atoms.